The van der Waals surface area contributed by atoms with Crippen LogP contribution in [0.5, 0.6) is 17.2 Å². The van der Waals surface area contributed by atoms with Crippen molar-refractivity contribution in [3.63, 3.8) is 0 Å². The Kier molecular flexibility index (Phi) is 5.02. The summed E-state index contributed by atoms with van der Waals surface area (Å²) in [5, 5.41) is 21.5. The fourth-order valence-electron chi connectivity index (χ4n) is 4.13. The summed E-state index contributed by atoms with van der Waals surface area (Å²) in [6, 6.07) is 5.18. The van der Waals surface area contributed by atoms with Crippen LogP contribution in [0.3, 0.4) is 0 Å². The first kappa shape index (κ1) is 18.8. The molecule has 0 radical (unpaired) electrons. The highest BCUT2D eigenvalue weighted by Gasteiger charge is 2.26. The van der Waals surface area contributed by atoms with Crippen molar-refractivity contribution in [2.45, 2.75) is 44.9 Å². The first-order valence-electron chi connectivity index (χ1n) is 9.35. The number of phenols is 1. The third-order valence-electron chi connectivity index (χ3n) is 5.43. The van der Waals surface area contributed by atoms with E-state index in [1.54, 1.807) is 18.2 Å². The number of amides is 1. The molecule has 1 amide bonds. The molecule has 0 atom stereocenters. The van der Waals surface area contributed by atoms with E-state index in [1.807, 2.05) is 0 Å². The highest BCUT2D eigenvalue weighted by Crippen LogP contribution is 2.45. The lowest BCUT2D eigenvalue weighted by Gasteiger charge is -2.22. The summed E-state index contributed by atoms with van der Waals surface area (Å²) in [7, 11) is 0. The summed E-state index contributed by atoms with van der Waals surface area (Å²) >= 11 is 3.52. The van der Waals surface area contributed by atoms with Crippen molar-refractivity contribution in [2.24, 2.45) is 0 Å². The number of carbonyl (C=O) groups excluding carboxylic acids is 1. The second-order valence-corrected chi connectivity index (χ2v) is 8.01. The van der Waals surface area contributed by atoms with Crippen LogP contribution in [0.15, 0.2) is 22.7 Å². The monoisotopic (exact) mass is 445 g/mol. The fourth-order valence-corrected chi connectivity index (χ4v) is 4.68. The van der Waals surface area contributed by atoms with Gasteiger partial charge in [-0.2, -0.15) is 0 Å². The van der Waals surface area contributed by atoms with Gasteiger partial charge >= 0.3 is 11.9 Å². The first-order chi connectivity index (χ1) is 13.5. The molecule has 6 nitrogen and oxygen atoms in total. The van der Waals surface area contributed by atoms with Crippen molar-refractivity contribution in [2.75, 3.05) is 5.32 Å². The largest absolute Gasteiger partial charge is 0.508 e. The van der Waals surface area contributed by atoms with E-state index in [-0.39, 0.29) is 0 Å². The third kappa shape index (κ3) is 3.35. The van der Waals surface area contributed by atoms with Crippen molar-refractivity contribution in [1.29, 1.82) is 0 Å². The Labute approximate surface area is 170 Å². The van der Waals surface area contributed by atoms with Crippen molar-refractivity contribution in [1.82, 2.24) is 0 Å². The van der Waals surface area contributed by atoms with Crippen molar-refractivity contribution < 1.29 is 24.5 Å². The van der Waals surface area contributed by atoms with E-state index >= 15 is 0 Å². The standard InChI is InChI=1S/C21H20BrNO5/c22-15-10-16(23-20(25)21(26)27)11-6-3-7-14(11)19(15)28-18-9-8-17(24)12-4-1-2-5-13(12)18/h8-10,24H,1-7H2,(H,23,25)(H,26,27). The predicted molar refractivity (Wildman–Crippen MR) is 107 cm³/mol. The number of aliphatic carboxylic acids is 1. The quantitative estimate of drug-likeness (QED) is 0.610. The SMILES string of the molecule is O=C(O)C(=O)Nc1cc(Br)c(Oc2ccc(O)c3c2CCCC3)c2c1CCC2. The highest BCUT2D eigenvalue weighted by molar-refractivity contribution is 9.10. The molecule has 4 rings (SSSR count). The molecular weight excluding hydrogens is 426 g/mol. The van der Waals surface area contributed by atoms with Crippen molar-refractivity contribution >= 4 is 33.5 Å². The summed E-state index contributed by atoms with van der Waals surface area (Å²) in [4.78, 5) is 22.5. The van der Waals surface area contributed by atoms with Gasteiger partial charge in [-0.15, -0.1) is 0 Å². The van der Waals surface area contributed by atoms with E-state index < -0.39 is 11.9 Å². The first-order valence-corrected chi connectivity index (χ1v) is 10.1. The number of halogens is 1. The number of fused-ring (bicyclic) bond motifs is 2. The Morgan fingerprint density at radius 1 is 0.964 bits per heavy atom. The lowest BCUT2D eigenvalue weighted by molar-refractivity contribution is -0.147. The minimum atomic E-state index is -1.51. The Morgan fingerprint density at radius 2 is 1.64 bits per heavy atom. The molecule has 0 aromatic heterocycles. The molecule has 0 aliphatic heterocycles. The zero-order valence-electron chi connectivity index (χ0n) is 15.2. The lowest BCUT2D eigenvalue weighted by Crippen LogP contribution is -2.22. The number of anilines is 1. The van der Waals surface area contributed by atoms with E-state index in [9.17, 15) is 14.7 Å². The molecule has 0 heterocycles. The average molecular weight is 446 g/mol. The second kappa shape index (κ2) is 7.47. The average Bonchev–Trinajstić information content (AvgIpc) is 3.16. The number of ether oxygens (including phenoxy) is 1. The van der Waals surface area contributed by atoms with Gasteiger partial charge in [0, 0.05) is 22.4 Å². The maximum Gasteiger partial charge on any atom is 0.394 e. The molecule has 2 aliphatic carbocycles. The molecule has 28 heavy (non-hydrogen) atoms. The van der Waals surface area contributed by atoms with Gasteiger partial charge in [0.05, 0.1) is 4.47 Å². The molecule has 146 valence electrons. The zero-order chi connectivity index (χ0) is 19.8. The van der Waals surface area contributed by atoms with E-state index in [0.717, 1.165) is 72.9 Å². The number of benzene rings is 2. The van der Waals surface area contributed by atoms with Crippen LogP contribution in [-0.4, -0.2) is 22.1 Å². The van der Waals surface area contributed by atoms with Crippen LogP contribution in [0.4, 0.5) is 5.69 Å². The Balaban J connectivity index is 1.73. The molecule has 3 N–H and O–H groups in total. The van der Waals surface area contributed by atoms with Crippen LogP contribution >= 0.6 is 15.9 Å². The van der Waals surface area contributed by atoms with Crippen LogP contribution in [-0.2, 0) is 35.3 Å². The third-order valence-corrected chi connectivity index (χ3v) is 6.02. The van der Waals surface area contributed by atoms with Gasteiger partial charge in [-0.1, -0.05) is 0 Å². The van der Waals surface area contributed by atoms with Gasteiger partial charge in [0.15, 0.2) is 0 Å². The predicted octanol–water partition coefficient (Wildman–Crippen LogP) is 4.34. The van der Waals surface area contributed by atoms with Crippen LogP contribution in [0.1, 0.15) is 41.5 Å². The Hall–Kier alpha value is -2.54. The van der Waals surface area contributed by atoms with Gasteiger partial charge in [-0.3, -0.25) is 4.79 Å². The van der Waals surface area contributed by atoms with Gasteiger partial charge < -0.3 is 20.3 Å². The van der Waals surface area contributed by atoms with E-state index in [1.165, 1.54) is 0 Å². The molecule has 0 saturated carbocycles. The van der Waals surface area contributed by atoms with Gasteiger partial charge in [-0.05, 0) is 84.6 Å². The molecule has 2 aromatic carbocycles. The molecule has 2 aromatic rings. The number of rotatable bonds is 3. The number of carbonyl (C=O) groups is 2. The molecule has 0 unspecified atom stereocenters. The molecule has 0 saturated heterocycles. The number of carboxylic acid groups (broad SMARTS) is 1. The second-order valence-electron chi connectivity index (χ2n) is 7.15. The zero-order valence-corrected chi connectivity index (χ0v) is 16.8. The number of nitrogens with one attached hydrogen (secondary N) is 1. The molecule has 0 spiro atoms. The summed E-state index contributed by atoms with van der Waals surface area (Å²) in [5.41, 5.74) is 4.41. The van der Waals surface area contributed by atoms with Crippen LogP contribution in [0.2, 0.25) is 0 Å². The number of hydrogen-bond acceptors (Lipinski definition) is 4. The lowest BCUT2D eigenvalue weighted by atomic mass is 9.90. The van der Waals surface area contributed by atoms with Crippen molar-refractivity contribution in [3.05, 3.63) is 44.9 Å². The number of carboxylic acids is 1. The van der Waals surface area contributed by atoms with Crippen molar-refractivity contribution in [3.8, 4) is 17.2 Å². The Morgan fingerprint density at radius 3 is 2.39 bits per heavy atom. The Bertz CT molecular complexity index is 985. The van der Waals surface area contributed by atoms with E-state index in [4.69, 9.17) is 9.84 Å². The maximum atomic E-state index is 11.6. The summed E-state index contributed by atoms with van der Waals surface area (Å²) < 4.78 is 6.98. The highest BCUT2D eigenvalue weighted by atomic mass is 79.9. The van der Waals surface area contributed by atoms with E-state index in [0.29, 0.717) is 21.7 Å². The molecule has 0 fully saturated rings. The van der Waals surface area contributed by atoms with Crippen LogP contribution in [0, 0.1) is 0 Å². The summed E-state index contributed by atoms with van der Waals surface area (Å²) in [5.74, 6) is -0.817. The molecule has 2 aliphatic rings. The minimum Gasteiger partial charge on any atom is -0.508 e. The van der Waals surface area contributed by atoms with Gasteiger partial charge in [0.1, 0.15) is 17.2 Å². The summed E-state index contributed by atoms with van der Waals surface area (Å²) in [6.07, 6.45) is 6.28. The van der Waals surface area contributed by atoms with Crippen LogP contribution in [0.25, 0.3) is 0 Å². The number of aromatic hydroxyl groups is 1. The maximum absolute atomic E-state index is 11.6. The minimum absolute atomic E-state index is 0.318. The molecule has 0 bridgehead atoms. The van der Waals surface area contributed by atoms with E-state index in [2.05, 4.69) is 21.2 Å². The van der Waals surface area contributed by atoms with Gasteiger partial charge in [0.2, 0.25) is 0 Å². The summed E-state index contributed by atoms with van der Waals surface area (Å²) in [6.45, 7) is 0. The van der Waals surface area contributed by atoms with Crippen LogP contribution < -0.4 is 10.1 Å². The van der Waals surface area contributed by atoms with Gasteiger partial charge in [-0.25, -0.2) is 4.79 Å². The topological polar surface area (TPSA) is 95.9 Å². The number of phenolic OH excluding ortho intramolecular Hbond substituents is 1. The molecule has 7 heteroatoms. The smallest absolute Gasteiger partial charge is 0.394 e. The normalized spacial score (nSPS) is 14.9. The molecular formula is C21H20BrNO5. The van der Waals surface area contributed by atoms with Gasteiger partial charge in [0.25, 0.3) is 0 Å². The fraction of sp³-hybridized carbons (Fsp3) is 0.333. The number of hydrogen-bond donors (Lipinski definition) is 3.